The maximum absolute atomic E-state index is 11.7. The van der Waals surface area contributed by atoms with Gasteiger partial charge in [-0.3, -0.25) is 9.78 Å². The zero-order valence-corrected chi connectivity index (χ0v) is 9.86. The Balaban J connectivity index is 2.01. The van der Waals surface area contributed by atoms with Crippen LogP contribution in [0.4, 0.5) is 0 Å². The van der Waals surface area contributed by atoms with E-state index in [9.17, 15) is 4.79 Å². The molecule has 0 atom stereocenters. The number of hydrogen-bond acceptors (Lipinski definition) is 4. The zero-order valence-electron chi connectivity index (χ0n) is 9.11. The number of hydrogen-bond donors (Lipinski definition) is 1. The van der Waals surface area contributed by atoms with Crippen molar-refractivity contribution < 1.29 is 9.32 Å². The summed E-state index contributed by atoms with van der Waals surface area (Å²) in [6.07, 6.45) is 2.95. The number of rotatable bonds is 3. The molecule has 2 aromatic heterocycles. The summed E-state index contributed by atoms with van der Waals surface area (Å²) in [5, 5.41) is 6.76. The van der Waals surface area contributed by atoms with Gasteiger partial charge >= 0.3 is 0 Å². The van der Waals surface area contributed by atoms with Crippen molar-refractivity contribution in [3.8, 4) is 0 Å². The van der Waals surface area contributed by atoms with Crippen LogP contribution in [0.5, 0.6) is 0 Å². The second-order valence-electron chi connectivity index (χ2n) is 3.47. The molecule has 6 heteroatoms. The molecule has 5 nitrogen and oxygen atoms in total. The molecule has 1 amide bonds. The van der Waals surface area contributed by atoms with Gasteiger partial charge in [-0.05, 0) is 13.0 Å². The van der Waals surface area contributed by atoms with Crippen LogP contribution in [0.15, 0.2) is 29.0 Å². The lowest BCUT2D eigenvalue weighted by molar-refractivity contribution is 0.0947. The lowest BCUT2D eigenvalue weighted by Crippen LogP contribution is -2.23. The van der Waals surface area contributed by atoms with Gasteiger partial charge in [0.15, 0.2) is 5.76 Å². The molecule has 0 radical (unpaired) electrons. The van der Waals surface area contributed by atoms with Crippen LogP contribution in [0.25, 0.3) is 0 Å². The molecule has 0 bridgehead atoms. The van der Waals surface area contributed by atoms with Gasteiger partial charge in [0.1, 0.15) is 0 Å². The minimum absolute atomic E-state index is 0.269. The van der Waals surface area contributed by atoms with E-state index in [1.165, 1.54) is 12.4 Å². The molecule has 0 aliphatic carbocycles. The summed E-state index contributed by atoms with van der Waals surface area (Å²) in [6.45, 7) is 2.08. The lowest BCUT2D eigenvalue weighted by atomic mass is 10.2. The maximum atomic E-state index is 11.7. The van der Waals surface area contributed by atoms with Crippen molar-refractivity contribution in [2.45, 2.75) is 13.5 Å². The predicted molar refractivity (Wildman–Crippen MR) is 61.7 cm³/mol. The summed E-state index contributed by atoms with van der Waals surface area (Å²) in [4.78, 5) is 15.6. The molecule has 0 fully saturated rings. The van der Waals surface area contributed by atoms with Crippen LogP contribution in [0.3, 0.4) is 0 Å². The van der Waals surface area contributed by atoms with Crippen LogP contribution < -0.4 is 5.32 Å². The average molecular weight is 252 g/mol. The average Bonchev–Trinajstić information content (AvgIpc) is 2.73. The van der Waals surface area contributed by atoms with E-state index in [-0.39, 0.29) is 12.5 Å². The highest BCUT2D eigenvalue weighted by atomic mass is 35.5. The van der Waals surface area contributed by atoms with E-state index >= 15 is 0 Å². The zero-order chi connectivity index (χ0) is 12.3. The Morgan fingerprint density at radius 1 is 1.59 bits per heavy atom. The summed E-state index contributed by atoms with van der Waals surface area (Å²) in [7, 11) is 0. The molecular weight excluding hydrogens is 242 g/mol. The summed E-state index contributed by atoms with van der Waals surface area (Å²) in [5.41, 5.74) is 1.11. The number of pyridine rings is 1. The molecule has 1 N–H and O–H groups in total. The standard InChI is InChI=1S/C11H10ClN3O2/c1-7-4-8(17-15-7)5-14-11(16)9-6-13-3-2-10(9)12/h2-4,6H,5H2,1H3,(H,14,16). The third-order valence-corrected chi connectivity index (χ3v) is 2.44. The number of nitrogens with one attached hydrogen (secondary N) is 1. The summed E-state index contributed by atoms with van der Waals surface area (Å²) in [5.74, 6) is 0.299. The molecule has 88 valence electrons. The summed E-state index contributed by atoms with van der Waals surface area (Å²) < 4.78 is 4.97. The number of carbonyl (C=O) groups excluding carboxylic acids is 1. The van der Waals surface area contributed by atoms with Crippen molar-refractivity contribution in [1.82, 2.24) is 15.5 Å². The van der Waals surface area contributed by atoms with E-state index in [2.05, 4.69) is 15.5 Å². The van der Waals surface area contributed by atoms with E-state index in [1.807, 2.05) is 6.92 Å². The van der Waals surface area contributed by atoms with Gasteiger partial charge in [0.2, 0.25) is 0 Å². The van der Waals surface area contributed by atoms with Crippen LogP contribution in [0, 0.1) is 6.92 Å². The van der Waals surface area contributed by atoms with Crippen LogP contribution in [0.2, 0.25) is 5.02 Å². The SMILES string of the molecule is Cc1cc(CNC(=O)c2cnccc2Cl)on1. The highest BCUT2D eigenvalue weighted by Gasteiger charge is 2.10. The van der Waals surface area contributed by atoms with Gasteiger partial charge in [-0.2, -0.15) is 0 Å². The van der Waals surface area contributed by atoms with Crippen LogP contribution >= 0.6 is 11.6 Å². The van der Waals surface area contributed by atoms with E-state index < -0.39 is 0 Å². The number of carbonyl (C=O) groups is 1. The molecular formula is C11H10ClN3O2. The van der Waals surface area contributed by atoms with Gasteiger partial charge in [0.25, 0.3) is 5.91 Å². The van der Waals surface area contributed by atoms with Crippen molar-refractivity contribution in [2.24, 2.45) is 0 Å². The van der Waals surface area contributed by atoms with Crippen LogP contribution in [-0.4, -0.2) is 16.0 Å². The summed E-state index contributed by atoms with van der Waals surface area (Å²) >= 11 is 5.87. The van der Waals surface area contributed by atoms with E-state index in [0.717, 1.165) is 5.69 Å². The number of halogens is 1. The second-order valence-corrected chi connectivity index (χ2v) is 3.88. The van der Waals surface area contributed by atoms with Crippen molar-refractivity contribution in [3.05, 3.63) is 46.6 Å². The number of aromatic nitrogens is 2. The number of amides is 1. The van der Waals surface area contributed by atoms with Crippen LogP contribution in [-0.2, 0) is 6.54 Å². The smallest absolute Gasteiger partial charge is 0.254 e. The molecule has 0 unspecified atom stereocenters. The summed E-state index contributed by atoms with van der Waals surface area (Å²) in [6, 6.07) is 3.32. The van der Waals surface area contributed by atoms with E-state index in [4.69, 9.17) is 16.1 Å². The highest BCUT2D eigenvalue weighted by molar-refractivity contribution is 6.33. The Hall–Kier alpha value is -1.88. The maximum Gasteiger partial charge on any atom is 0.254 e. The van der Waals surface area contributed by atoms with E-state index in [0.29, 0.717) is 16.3 Å². The Morgan fingerprint density at radius 3 is 3.06 bits per heavy atom. The molecule has 17 heavy (non-hydrogen) atoms. The van der Waals surface area contributed by atoms with Crippen molar-refractivity contribution in [2.75, 3.05) is 0 Å². The Morgan fingerprint density at radius 2 is 2.41 bits per heavy atom. The monoisotopic (exact) mass is 251 g/mol. The van der Waals surface area contributed by atoms with Crippen LogP contribution in [0.1, 0.15) is 21.8 Å². The molecule has 2 aromatic rings. The minimum Gasteiger partial charge on any atom is -0.359 e. The van der Waals surface area contributed by atoms with Gasteiger partial charge in [0.05, 0.1) is 22.8 Å². The molecule has 0 aliphatic heterocycles. The Labute approximate surface area is 103 Å². The molecule has 2 heterocycles. The molecule has 0 aliphatic rings. The quantitative estimate of drug-likeness (QED) is 0.906. The van der Waals surface area contributed by atoms with Gasteiger partial charge in [0, 0.05) is 18.5 Å². The van der Waals surface area contributed by atoms with Gasteiger partial charge in [-0.1, -0.05) is 16.8 Å². The largest absolute Gasteiger partial charge is 0.359 e. The fraction of sp³-hybridized carbons (Fsp3) is 0.182. The first-order chi connectivity index (χ1) is 8.16. The van der Waals surface area contributed by atoms with Gasteiger partial charge in [-0.25, -0.2) is 0 Å². The fourth-order valence-electron chi connectivity index (χ4n) is 1.31. The normalized spacial score (nSPS) is 10.2. The van der Waals surface area contributed by atoms with Gasteiger partial charge < -0.3 is 9.84 Å². The molecule has 0 saturated carbocycles. The number of aryl methyl sites for hydroxylation is 1. The third kappa shape index (κ3) is 2.82. The van der Waals surface area contributed by atoms with Crippen molar-refractivity contribution >= 4 is 17.5 Å². The Kier molecular flexibility index (Phi) is 3.39. The molecule has 0 saturated heterocycles. The topological polar surface area (TPSA) is 68.0 Å². The lowest BCUT2D eigenvalue weighted by Gasteiger charge is -2.03. The van der Waals surface area contributed by atoms with Crippen molar-refractivity contribution in [1.29, 1.82) is 0 Å². The highest BCUT2D eigenvalue weighted by Crippen LogP contribution is 2.13. The second kappa shape index (κ2) is 4.97. The number of nitrogens with zero attached hydrogens (tertiary/aromatic N) is 2. The fourth-order valence-corrected chi connectivity index (χ4v) is 1.50. The third-order valence-electron chi connectivity index (χ3n) is 2.11. The minimum atomic E-state index is -0.294. The molecule has 0 spiro atoms. The molecule has 0 aromatic carbocycles. The molecule has 2 rings (SSSR count). The van der Waals surface area contributed by atoms with Crippen molar-refractivity contribution in [3.63, 3.8) is 0 Å². The first-order valence-electron chi connectivity index (χ1n) is 4.96. The first-order valence-corrected chi connectivity index (χ1v) is 5.34. The predicted octanol–water partition coefficient (Wildman–Crippen LogP) is 1.96. The van der Waals surface area contributed by atoms with E-state index in [1.54, 1.807) is 12.1 Å². The first kappa shape index (κ1) is 11.6. The Bertz CT molecular complexity index is 539. The van der Waals surface area contributed by atoms with Gasteiger partial charge in [-0.15, -0.1) is 0 Å².